The van der Waals surface area contributed by atoms with Crippen molar-refractivity contribution in [2.75, 3.05) is 0 Å². The molecule has 52 heavy (non-hydrogen) atoms. The topological polar surface area (TPSA) is 0 Å². The van der Waals surface area contributed by atoms with Crippen LogP contribution in [0.1, 0.15) is 0 Å². The molecule has 0 amide bonds. The molecular weight excluding hydrogens is 625 g/mol. The van der Waals surface area contributed by atoms with Crippen LogP contribution in [-0.4, -0.2) is 0 Å². The third-order valence-electron chi connectivity index (χ3n) is 12.8. The summed E-state index contributed by atoms with van der Waals surface area (Å²) < 4.78 is 0. The second-order valence-corrected chi connectivity index (χ2v) is 15.0. The monoisotopic (exact) mass is 650 g/mol. The van der Waals surface area contributed by atoms with Crippen molar-refractivity contribution in [2.45, 2.75) is 0 Å². The number of hydrogen-bond donors (Lipinski definition) is 0. The lowest BCUT2D eigenvalue weighted by Gasteiger charge is -2.16. The highest BCUT2D eigenvalue weighted by molar-refractivity contribution is 6.51. The minimum Gasteiger partial charge on any atom is -0.0622 e. The molecule has 0 atom stereocenters. The second kappa shape index (κ2) is 8.75. The summed E-state index contributed by atoms with van der Waals surface area (Å²) in [5, 5.41) is 27.3. The predicted octanol–water partition coefficient (Wildman–Crippen LogP) is 14.8. The Balaban J connectivity index is 1.23. The molecule has 0 spiro atoms. The second-order valence-electron chi connectivity index (χ2n) is 15.0. The van der Waals surface area contributed by atoms with E-state index in [0.717, 1.165) is 0 Å². The summed E-state index contributed by atoms with van der Waals surface area (Å²) in [5.41, 5.74) is 8.02. The third kappa shape index (κ3) is 2.79. The van der Waals surface area contributed by atoms with E-state index in [1.165, 1.54) is 141 Å². The Morgan fingerprint density at radius 3 is 1.23 bits per heavy atom. The van der Waals surface area contributed by atoms with E-state index in [1.54, 1.807) is 0 Å². The Labute approximate surface area is 297 Å². The molecule has 0 heterocycles. The fourth-order valence-electron chi connectivity index (χ4n) is 10.9. The lowest BCUT2D eigenvalue weighted by atomic mass is 9.87. The van der Waals surface area contributed by atoms with E-state index in [9.17, 15) is 0 Å². The van der Waals surface area contributed by atoms with Crippen LogP contribution in [0, 0.1) is 0 Å². The molecule has 0 bridgehead atoms. The van der Waals surface area contributed by atoms with Crippen LogP contribution in [0.2, 0.25) is 0 Å². The van der Waals surface area contributed by atoms with Crippen molar-refractivity contribution in [3.63, 3.8) is 0 Å². The van der Waals surface area contributed by atoms with Gasteiger partial charge in [-0.05, 0) is 147 Å². The molecule has 0 N–H and O–H groups in total. The SMILES string of the molecule is c1ccc(-c2c3ccccc3c3c4ccccc4c4c5c(cc2c34)c2ccc3c4ccc6c7c(ccc(c8ccc5c2c38)c74)-c2ccccc2-6)cc1. The van der Waals surface area contributed by atoms with Crippen LogP contribution in [0.3, 0.4) is 0 Å². The van der Waals surface area contributed by atoms with E-state index < -0.39 is 0 Å². The zero-order chi connectivity index (χ0) is 33.4. The zero-order valence-electron chi connectivity index (χ0n) is 28.0. The average molecular weight is 651 g/mol. The highest BCUT2D eigenvalue weighted by atomic mass is 14.3. The first-order chi connectivity index (χ1) is 25.8. The first-order valence-corrected chi connectivity index (χ1v) is 18.4. The van der Waals surface area contributed by atoms with Crippen LogP contribution >= 0.6 is 0 Å². The van der Waals surface area contributed by atoms with Gasteiger partial charge in [-0.2, -0.15) is 0 Å². The zero-order valence-corrected chi connectivity index (χ0v) is 28.0. The van der Waals surface area contributed by atoms with Crippen molar-refractivity contribution >= 4 is 108 Å². The van der Waals surface area contributed by atoms with Crippen LogP contribution < -0.4 is 0 Å². The Bertz CT molecular complexity index is 3640. The van der Waals surface area contributed by atoms with E-state index in [2.05, 4.69) is 158 Å². The Kier molecular flexibility index (Phi) is 4.39. The summed E-state index contributed by atoms with van der Waals surface area (Å²) in [7, 11) is 0. The molecule has 14 rings (SSSR count). The molecule has 0 heteroatoms. The van der Waals surface area contributed by atoms with Gasteiger partial charge in [0.05, 0.1) is 0 Å². The van der Waals surface area contributed by atoms with Gasteiger partial charge in [-0.1, -0.05) is 152 Å². The van der Waals surface area contributed by atoms with Crippen molar-refractivity contribution in [3.8, 4) is 33.4 Å². The highest BCUT2D eigenvalue weighted by Gasteiger charge is 2.28. The number of rotatable bonds is 1. The number of hydrogen-bond acceptors (Lipinski definition) is 0. The van der Waals surface area contributed by atoms with Crippen LogP contribution in [0.25, 0.3) is 141 Å². The lowest BCUT2D eigenvalue weighted by molar-refractivity contribution is 1.69. The summed E-state index contributed by atoms with van der Waals surface area (Å²) >= 11 is 0. The molecule has 13 aromatic rings. The van der Waals surface area contributed by atoms with Gasteiger partial charge in [0.15, 0.2) is 0 Å². The average Bonchev–Trinajstić information content (AvgIpc) is 3.84. The largest absolute Gasteiger partial charge is 0.0622 e. The van der Waals surface area contributed by atoms with Crippen LogP contribution in [0.15, 0.2) is 158 Å². The van der Waals surface area contributed by atoms with Crippen molar-refractivity contribution in [3.05, 3.63) is 158 Å². The Hall–Kier alpha value is -6.76. The molecule has 0 aliphatic heterocycles. The molecule has 13 aromatic carbocycles. The van der Waals surface area contributed by atoms with E-state index in [4.69, 9.17) is 0 Å². The molecule has 1 aliphatic rings. The fourth-order valence-corrected chi connectivity index (χ4v) is 10.9. The Morgan fingerprint density at radius 2 is 0.577 bits per heavy atom. The molecule has 0 radical (unpaired) electrons. The normalized spacial score (nSPS) is 13.0. The van der Waals surface area contributed by atoms with Crippen LogP contribution in [0.5, 0.6) is 0 Å². The predicted molar refractivity (Wildman–Crippen MR) is 225 cm³/mol. The lowest BCUT2D eigenvalue weighted by Crippen LogP contribution is -1.88. The maximum Gasteiger partial charge on any atom is -0.000697 e. The van der Waals surface area contributed by atoms with Gasteiger partial charge in [0, 0.05) is 0 Å². The summed E-state index contributed by atoms with van der Waals surface area (Å²) in [6.45, 7) is 0. The van der Waals surface area contributed by atoms with Crippen molar-refractivity contribution in [1.29, 1.82) is 0 Å². The van der Waals surface area contributed by atoms with Crippen LogP contribution in [0.4, 0.5) is 0 Å². The number of fused-ring (bicyclic) bond motifs is 14. The quantitative estimate of drug-likeness (QED) is 0.123. The molecule has 234 valence electrons. The van der Waals surface area contributed by atoms with Gasteiger partial charge in [-0.3, -0.25) is 0 Å². The van der Waals surface area contributed by atoms with Gasteiger partial charge in [-0.25, -0.2) is 0 Å². The van der Waals surface area contributed by atoms with Gasteiger partial charge >= 0.3 is 0 Å². The summed E-state index contributed by atoms with van der Waals surface area (Å²) in [6, 6.07) is 60.0. The van der Waals surface area contributed by atoms with E-state index in [-0.39, 0.29) is 0 Å². The van der Waals surface area contributed by atoms with Gasteiger partial charge in [0.1, 0.15) is 0 Å². The summed E-state index contributed by atoms with van der Waals surface area (Å²) in [6.07, 6.45) is 0. The minimum absolute atomic E-state index is 1.27. The van der Waals surface area contributed by atoms with E-state index in [0.29, 0.717) is 0 Å². The van der Waals surface area contributed by atoms with Gasteiger partial charge in [0.2, 0.25) is 0 Å². The van der Waals surface area contributed by atoms with Crippen molar-refractivity contribution in [2.24, 2.45) is 0 Å². The van der Waals surface area contributed by atoms with E-state index >= 15 is 0 Å². The first kappa shape index (κ1) is 26.1. The molecule has 0 fully saturated rings. The third-order valence-corrected chi connectivity index (χ3v) is 12.8. The fraction of sp³-hybridized carbons (Fsp3) is 0. The molecule has 0 unspecified atom stereocenters. The highest BCUT2D eigenvalue weighted by Crippen LogP contribution is 2.56. The maximum atomic E-state index is 2.55. The molecule has 0 saturated carbocycles. The van der Waals surface area contributed by atoms with Gasteiger partial charge in [0.25, 0.3) is 0 Å². The van der Waals surface area contributed by atoms with E-state index in [1.807, 2.05) is 0 Å². The van der Waals surface area contributed by atoms with Gasteiger partial charge in [-0.15, -0.1) is 0 Å². The minimum atomic E-state index is 1.27. The first-order valence-electron chi connectivity index (χ1n) is 18.4. The summed E-state index contributed by atoms with van der Waals surface area (Å²) in [5.74, 6) is 0. The van der Waals surface area contributed by atoms with Crippen molar-refractivity contribution in [1.82, 2.24) is 0 Å². The smallest absolute Gasteiger partial charge is 0.000697 e. The molecule has 0 saturated heterocycles. The summed E-state index contributed by atoms with van der Waals surface area (Å²) in [4.78, 5) is 0. The number of benzene rings is 11. The molecule has 1 aliphatic carbocycles. The molecule has 0 aromatic heterocycles. The maximum absolute atomic E-state index is 2.55. The Morgan fingerprint density at radius 1 is 0.192 bits per heavy atom. The molecule has 0 nitrogen and oxygen atoms in total. The van der Waals surface area contributed by atoms with Crippen LogP contribution in [-0.2, 0) is 0 Å². The van der Waals surface area contributed by atoms with Crippen molar-refractivity contribution < 1.29 is 0 Å². The van der Waals surface area contributed by atoms with Gasteiger partial charge < -0.3 is 0 Å². The molecular formula is C52H26. The standard InChI is InChI=1S/C52H26/c1-2-10-27(11-3-1)44-30-14-6-7-15-31(30)48-32-16-8-9-17-33(32)51-50-41-25-24-39-37-21-19-35-29-13-5-4-12-28(29)34-18-20-36(46(37)45(34)35)38-22-23-40(49(41)47(38)39)42(50)26-43(44)52(48)51/h1-26H.